The second-order valence-electron chi connectivity index (χ2n) is 9.11. The quantitative estimate of drug-likeness (QED) is 0.513. The Bertz CT molecular complexity index is 870. The van der Waals surface area contributed by atoms with E-state index in [4.69, 9.17) is 4.74 Å². The number of hydrogen-bond donors (Lipinski definition) is 3. The molecule has 1 atom stereocenters. The van der Waals surface area contributed by atoms with E-state index >= 15 is 0 Å². The number of ether oxygens (including phenoxy) is 1. The molecular weight excluding hydrogens is 427 g/mol. The van der Waals surface area contributed by atoms with Crippen LogP contribution in [0.25, 0.3) is 0 Å². The molecule has 1 aliphatic carbocycles. The van der Waals surface area contributed by atoms with Crippen molar-refractivity contribution in [2.24, 2.45) is 0 Å². The number of halogens is 1. The maximum absolute atomic E-state index is 14.9. The Kier molecular flexibility index (Phi) is 8.52. The molecule has 1 saturated heterocycles. The van der Waals surface area contributed by atoms with Crippen LogP contribution in [0.15, 0.2) is 12.1 Å². The zero-order valence-electron chi connectivity index (χ0n) is 19.7. The molecule has 1 aromatic carbocycles. The molecule has 1 aromatic rings. The first-order valence-corrected chi connectivity index (χ1v) is 11.8. The molecule has 1 aliphatic heterocycles. The highest BCUT2D eigenvalue weighted by atomic mass is 19.1. The summed E-state index contributed by atoms with van der Waals surface area (Å²) in [5.41, 5.74) is 1.01. The minimum absolute atomic E-state index is 0.0246. The van der Waals surface area contributed by atoms with Crippen LogP contribution in [0.5, 0.6) is 0 Å². The maximum atomic E-state index is 14.9. The topological polar surface area (TPSA) is 99.8 Å². The van der Waals surface area contributed by atoms with Gasteiger partial charge in [-0.25, -0.2) is 9.18 Å². The number of carbonyl (C=O) groups is 3. The predicted molar refractivity (Wildman–Crippen MR) is 125 cm³/mol. The highest BCUT2D eigenvalue weighted by Crippen LogP contribution is 2.29. The van der Waals surface area contributed by atoms with Crippen LogP contribution >= 0.6 is 0 Å². The fourth-order valence-electron chi connectivity index (χ4n) is 4.57. The molecule has 0 radical (unpaired) electrons. The Balaban J connectivity index is 1.70. The molecule has 3 rings (SSSR count). The van der Waals surface area contributed by atoms with E-state index in [1.165, 1.54) is 24.5 Å². The SMILES string of the molecule is COC(=O)C1CCCN1C(=O)CNC(=O)c1cc(F)c(NC2CCCCC2)cc1NC(C)C. The van der Waals surface area contributed by atoms with Crippen molar-refractivity contribution >= 4 is 29.2 Å². The van der Waals surface area contributed by atoms with Crippen molar-refractivity contribution in [3.8, 4) is 0 Å². The number of benzene rings is 1. The second kappa shape index (κ2) is 11.3. The van der Waals surface area contributed by atoms with Gasteiger partial charge < -0.3 is 25.6 Å². The van der Waals surface area contributed by atoms with Gasteiger partial charge in [0.2, 0.25) is 5.91 Å². The Morgan fingerprint density at radius 3 is 2.48 bits per heavy atom. The number of nitrogens with one attached hydrogen (secondary N) is 3. The molecule has 9 heteroatoms. The van der Waals surface area contributed by atoms with Gasteiger partial charge in [-0.05, 0) is 51.7 Å². The smallest absolute Gasteiger partial charge is 0.328 e. The molecule has 0 aromatic heterocycles. The Morgan fingerprint density at radius 2 is 1.82 bits per heavy atom. The van der Waals surface area contributed by atoms with Crippen molar-refractivity contribution in [1.29, 1.82) is 0 Å². The number of amides is 2. The van der Waals surface area contributed by atoms with Gasteiger partial charge in [0.1, 0.15) is 11.9 Å². The van der Waals surface area contributed by atoms with Crippen molar-refractivity contribution in [3.63, 3.8) is 0 Å². The minimum Gasteiger partial charge on any atom is -0.467 e. The summed E-state index contributed by atoms with van der Waals surface area (Å²) in [4.78, 5) is 38.8. The van der Waals surface area contributed by atoms with Gasteiger partial charge in [0.25, 0.3) is 5.91 Å². The lowest BCUT2D eigenvalue weighted by Crippen LogP contribution is -2.46. The standard InChI is InChI=1S/C24H35FN4O4/c1-15(2)27-19-13-20(28-16-8-5-4-6-9-16)18(25)12-17(19)23(31)26-14-22(30)29-11-7-10-21(29)24(32)33-3/h12-13,15-16,21,27-28H,4-11,14H2,1-3H3,(H,26,31). The molecule has 0 spiro atoms. The van der Waals surface area contributed by atoms with E-state index < -0.39 is 23.7 Å². The fraction of sp³-hybridized carbons (Fsp3) is 0.625. The summed E-state index contributed by atoms with van der Waals surface area (Å²) in [5, 5.41) is 9.08. The molecule has 1 unspecified atom stereocenters. The van der Waals surface area contributed by atoms with Crippen LogP contribution in [0.3, 0.4) is 0 Å². The van der Waals surface area contributed by atoms with Crippen molar-refractivity contribution in [2.45, 2.75) is 76.9 Å². The summed E-state index contributed by atoms with van der Waals surface area (Å²) < 4.78 is 19.7. The number of nitrogens with zero attached hydrogens (tertiary/aromatic N) is 1. The second-order valence-corrected chi connectivity index (χ2v) is 9.11. The van der Waals surface area contributed by atoms with Gasteiger partial charge in [0, 0.05) is 24.3 Å². The summed E-state index contributed by atoms with van der Waals surface area (Å²) in [5.74, 6) is -1.88. The van der Waals surface area contributed by atoms with Crippen LogP contribution in [0, 0.1) is 5.82 Å². The number of esters is 1. The maximum Gasteiger partial charge on any atom is 0.328 e. The van der Waals surface area contributed by atoms with Gasteiger partial charge in [-0.3, -0.25) is 9.59 Å². The highest BCUT2D eigenvalue weighted by molar-refractivity contribution is 6.02. The molecule has 2 amide bonds. The van der Waals surface area contributed by atoms with E-state index in [1.807, 2.05) is 13.8 Å². The lowest BCUT2D eigenvalue weighted by Gasteiger charge is -2.25. The zero-order valence-corrected chi connectivity index (χ0v) is 19.7. The highest BCUT2D eigenvalue weighted by Gasteiger charge is 2.34. The molecule has 8 nitrogen and oxygen atoms in total. The third-order valence-corrected chi connectivity index (χ3v) is 6.21. The lowest BCUT2D eigenvalue weighted by molar-refractivity contribution is -0.150. The van der Waals surface area contributed by atoms with Gasteiger partial charge >= 0.3 is 5.97 Å². The zero-order chi connectivity index (χ0) is 24.0. The van der Waals surface area contributed by atoms with Gasteiger partial charge in [0.05, 0.1) is 24.9 Å². The first-order chi connectivity index (χ1) is 15.8. The Morgan fingerprint density at radius 1 is 1.09 bits per heavy atom. The average molecular weight is 463 g/mol. The molecule has 1 saturated carbocycles. The first kappa shape index (κ1) is 24.8. The lowest BCUT2D eigenvalue weighted by atomic mass is 9.95. The summed E-state index contributed by atoms with van der Waals surface area (Å²) in [6, 6.07) is 2.47. The third kappa shape index (κ3) is 6.36. The normalized spacial score (nSPS) is 18.8. The van der Waals surface area contributed by atoms with E-state index in [1.54, 1.807) is 6.07 Å². The summed E-state index contributed by atoms with van der Waals surface area (Å²) in [6.07, 6.45) is 6.69. The van der Waals surface area contributed by atoms with Crippen LogP contribution in [0.4, 0.5) is 15.8 Å². The molecule has 0 bridgehead atoms. The minimum atomic E-state index is -0.625. The van der Waals surface area contributed by atoms with E-state index in [0.717, 1.165) is 25.7 Å². The Hall–Kier alpha value is -2.84. The first-order valence-electron chi connectivity index (χ1n) is 11.8. The van der Waals surface area contributed by atoms with Gasteiger partial charge in [-0.1, -0.05) is 19.3 Å². The number of methoxy groups -OCH3 is 1. The Labute approximate surface area is 194 Å². The van der Waals surface area contributed by atoms with E-state index in [-0.39, 0.29) is 30.1 Å². The monoisotopic (exact) mass is 462 g/mol. The predicted octanol–water partition coefficient (Wildman–Crippen LogP) is 3.28. The van der Waals surface area contributed by atoms with Crippen molar-refractivity contribution in [1.82, 2.24) is 10.2 Å². The van der Waals surface area contributed by atoms with E-state index in [0.29, 0.717) is 30.8 Å². The number of hydrogen-bond acceptors (Lipinski definition) is 6. The summed E-state index contributed by atoms with van der Waals surface area (Å²) in [6.45, 7) is 4.02. The van der Waals surface area contributed by atoms with Gasteiger partial charge in [-0.15, -0.1) is 0 Å². The summed E-state index contributed by atoms with van der Waals surface area (Å²) >= 11 is 0. The van der Waals surface area contributed by atoms with Crippen molar-refractivity contribution < 1.29 is 23.5 Å². The molecule has 1 heterocycles. The largest absolute Gasteiger partial charge is 0.467 e. The van der Waals surface area contributed by atoms with Crippen molar-refractivity contribution in [2.75, 3.05) is 30.8 Å². The molecular formula is C24H35FN4O4. The third-order valence-electron chi connectivity index (χ3n) is 6.21. The number of carbonyl (C=O) groups excluding carboxylic acids is 3. The number of likely N-dealkylation sites (tertiary alicyclic amines) is 1. The number of anilines is 2. The van der Waals surface area contributed by atoms with Crippen molar-refractivity contribution in [3.05, 3.63) is 23.5 Å². The van der Waals surface area contributed by atoms with Crippen LogP contribution in [0.2, 0.25) is 0 Å². The number of rotatable bonds is 8. The van der Waals surface area contributed by atoms with Crippen LogP contribution in [0.1, 0.15) is 69.2 Å². The van der Waals surface area contributed by atoms with Crippen LogP contribution in [-0.4, -0.2) is 61.0 Å². The molecule has 182 valence electrons. The fourth-order valence-corrected chi connectivity index (χ4v) is 4.57. The summed E-state index contributed by atoms with van der Waals surface area (Å²) in [7, 11) is 1.29. The average Bonchev–Trinajstić information content (AvgIpc) is 3.29. The van der Waals surface area contributed by atoms with E-state index in [9.17, 15) is 18.8 Å². The van der Waals surface area contributed by atoms with Crippen LogP contribution < -0.4 is 16.0 Å². The van der Waals surface area contributed by atoms with Crippen LogP contribution in [-0.2, 0) is 14.3 Å². The molecule has 3 N–H and O–H groups in total. The van der Waals surface area contributed by atoms with Gasteiger partial charge in [0.15, 0.2) is 0 Å². The van der Waals surface area contributed by atoms with E-state index in [2.05, 4.69) is 16.0 Å². The molecule has 33 heavy (non-hydrogen) atoms. The molecule has 2 fully saturated rings. The van der Waals surface area contributed by atoms with Gasteiger partial charge in [-0.2, -0.15) is 0 Å². The molecule has 2 aliphatic rings.